The summed E-state index contributed by atoms with van der Waals surface area (Å²) in [4.78, 5) is 2.47. The van der Waals surface area contributed by atoms with E-state index in [1.807, 2.05) is 24.3 Å². The normalized spacial score (nSPS) is 16.9. The van der Waals surface area contributed by atoms with E-state index >= 15 is 0 Å². The maximum absolute atomic E-state index is 6.38. The number of ether oxygens (including phenoxy) is 2. The van der Waals surface area contributed by atoms with Crippen molar-refractivity contribution in [3.63, 3.8) is 0 Å². The number of nitrogens with zero attached hydrogens (tertiary/aromatic N) is 2. The Morgan fingerprint density at radius 1 is 0.966 bits per heavy atom. The molecule has 3 aromatic rings. The predicted octanol–water partition coefficient (Wildman–Crippen LogP) is 5.81. The molecule has 152 valence electrons. The number of aryl methyl sites for hydroxylation is 1. The molecule has 1 aliphatic rings. The van der Waals surface area contributed by atoms with Gasteiger partial charge in [0.1, 0.15) is 11.5 Å². The Morgan fingerprint density at radius 2 is 1.83 bits per heavy atom. The molecular weight excluding hydrogens is 407 g/mol. The Morgan fingerprint density at radius 3 is 2.59 bits per heavy atom. The maximum Gasteiger partial charge on any atom is 0.123 e. The Balaban J connectivity index is 1.77. The van der Waals surface area contributed by atoms with Crippen molar-refractivity contribution in [3.05, 3.63) is 81.6 Å². The van der Waals surface area contributed by atoms with Gasteiger partial charge < -0.3 is 14.0 Å². The van der Waals surface area contributed by atoms with Crippen molar-refractivity contribution in [1.82, 2.24) is 9.47 Å². The topological polar surface area (TPSA) is 26.6 Å². The summed E-state index contributed by atoms with van der Waals surface area (Å²) < 4.78 is 13.4. The second-order valence-electron chi connectivity index (χ2n) is 7.20. The van der Waals surface area contributed by atoms with Crippen LogP contribution in [0.3, 0.4) is 0 Å². The van der Waals surface area contributed by atoms with E-state index in [9.17, 15) is 0 Å². The Labute approximate surface area is 181 Å². The largest absolute Gasteiger partial charge is 0.497 e. The summed E-state index contributed by atoms with van der Waals surface area (Å²) in [5, 5.41) is 1.14. The number of hydrogen-bond acceptors (Lipinski definition) is 3. The SMILES string of the molecule is COc1ccc(OC)c(CN2CCCn3cccc3[C@@H]2c2ccc(Cl)c(Cl)c2)c1. The Hall–Kier alpha value is -2.14. The Bertz CT molecular complexity index is 1000. The number of hydrogen-bond donors (Lipinski definition) is 0. The van der Waals surface area contributed by atoms with Gasteiger partial charge in [-0.25, -0.2) is 0 Å². The molecule has 0 N–H and O–H groups in total. The minimum atomic E-state index is 0.0678. The second-order valence-corrected chi connectivity index (χ2v) is 8.02. The summed E-state index contributed by atoms with van der Waals surface area (Å²) >= 11 is 12.6. The molecule has 1 aromatic heterocycles. The number of halogens is 2. The smallest absolute Gasteiger partial charge is 0.123 e. The number of fused-ring (bicyclic) bond motifs is 1. The van der Waals surface area contributed by atoms with Gasteiger partial charge in [0.25, 0.3) is 0 Å². The van der Waals surface area contributed by atoms with Crippen LogP contribution < -0.4 is 9.47 Å². The lowest BCUT2D eigenvalue weighted by Crippen LogP contribution is -2.29. The lowest BCUT2D eigenvalue weighted by atomic mass is 10.0. The third kappa shape index (κ3) is 4.11. The minimum absolute atomic E-state index is 0.0678. The summed E-state index contributed by atoms with van der Waals surface area (Å²) in [5.74, 6) is 1.68. The molecule has 29 heavy (non-hydrogen) atoms. The summed E-state index contributed by atoms with van der Waals surface area (Å²) in [7, 11) is 3.39. The quantitative estimate of drug-likeness (QED) is 0.510. The summed E-state index contributed by atoms with van der Waals surface area (Å²) in [6.45, 7) is 2.68. The highest BCUT2D eigenvalue weighted by atomic mass is 35.5. The van der Waals surface area contributed by atoms with Crippen LogP contribution >= 0.6 is 23.2 Å². The summed E-state index contributed by atoms with van der Waals surface area (Å²) in [5.41, 5.74) is 3.47. The van der Waals surface area contributed by atoms with Crippen molar-refractivity contribution >= 4 is 23.2 Å². The molecule has 1 aliphatic heterocycles. The van der Waals surface area contributed by atoms with E-state index in [2.05, 4.69) is 39.9 Å². The molecule has 0 spiro atoms. The van der Waals surface area contributed by atoms with Crippen LogP contribution in [0.4, 0.5) is 0 Å². The molecule has 0 saturated heterocycles. The van der Waals surface area contributed by atoms with Gasteiger partial charge in [0, 0.05) is 37.1 Å². The zero-order valence-electron chi connectivity index (χ0n) is 16.6. The molecule has 0 fully saturated rings. The fraction of sp³-hybridized carbons (Fsp3) is 0.304. The van der Waals surface area contributed by atoms with Crippen LogP contribution in [-0.2, 0) is 13.1 Å². The molecule has 6 heteroatoms. The Kier molecular flexibility index (Phi) is 6.04. The van der Waals surface area contributed by atoms with Crippen LogP contribution in [0.25, 0.3) is 0 Å². The van der Waals surface area contributed by atoms with Gasteiger partial charge in [0.2, 0.25) is 0 Å². The van der Waals surface area contributed by atoms with E-state index in [0.29, 0.717) is 10.0 Å². The van der Waals surface area contributed by atoms with Crippen LogP contribution in [0.5, 0.6) is 11.5 Å². The molecule has 0 amide bonds. The molecule has 0 saturated carbocycles. The van der Waals surface area contributed by atoms with Gasteiger partial charge in [0.15, 0.2) is 0 Å². The van der Waals surface area contributed by atoms with Crippen LogP contribution in [0.2, 0.25) is 10.0 Å². The van der Waals surface area contributed by atoms with Crippen LogP contribution in [0.1, 0.15) is 29.3 Å². The number of methoxy groups -OCH3 is 2. The van der Waals surface area contributed by atoms with Crippen molar-refractivity contribution in [2.24, 2.45) is 0 Å². The standard InChI is InChI=1S/C23H24Cl2N2O2/c1-28-18-7-9-22(29-2)17(13-18)15-27-12-4-11-26-10-3-5-21(26)23(27)16-6-8-19(24)20(25)14-16/h3,5-10,13-14,23H,4,11-12,15H2,1-2H3/t23-/m0/s1. The fourth-order valence-electron chi connectivity index (χ4n) is 4.10. The van der Waals surface area contributed by atoms with E-state index in [4.69, 9.17) is 32.7 Å². The van der Waals surface area contributed by atoms with Gasteiger partial charge in [-0.05, 0) is 54.4 Å². The molecule has 0 unspecified atom stereocenters. The van der Waals surface area contributed by atoms with Gasteiger partial charge in [-0.2, -0.15) is 0 Å². The van der Waals surface area contributed by atoms with E-state index < -0.39 is 0 Å². The molecule has 1 atom stereocenters. The van der Waals surface area contributed by atoms with E-state index in [0.717, 1.165) is 48.7 Å². The highest BCUT2D eigenvalue weighted by Crippen LogP contribution is 2.37. The fourth-order valence-corrected chi connectivity index (χ4v) is 4.40. The first-order valence-corrected chi connectivity index (χ1v) is 10.4. The average molecular weight is 431 g/mol. The van der Waals surface area contributed by atoms with E-state index in [1.54, 1.807) is 14.2 Å². The minimum Gasteiger partial charge on any atom is -0.497 e. The number of aromatic nitrogens is 1. The zero-order chi connectivity index (χ0) is 20.4. The van der Waals surface area contributed by atoms with Crippen LogP contribution in [0.15, 0.2) is 54.7 Å². The van der Waals surface area contributed by atoms with Crippen LogP contribution in [0, 0.1) is 0 Å². The van der Waals surface area contributed by atoms with Gasteiger partial charge in [-0.15, -0.1) is 0 Å². The molecule has 4 nitrogen and oxygen atoms in total. The average Bonchev–Trinajstić information content (AvgIpc) is 3.11. The van der Waals surface area contributed by atoms with Crippen molar-refractivity contribution in [3.8, 4) is 11.5 Å². The molecule has 2 aromatic carbocycles. The van der Waals surface area contributed by atoms with Gasteiger partial charge in [0.05, 0.1) is 30.3 Å². The number of benzene rings is 2. The first-order valence-electron chi connectivity index (χ1n) is 9.65. The third-order valence-corrected chi connectivity index (χ3v) is 6.21. The molecule has 0 bridgehead atoms. The third-order valence-electron chi connectivity index (χ3n) is 5.47. The highest BCUT2D eigenvalue weighted by molar-refractivity contribution is 6.42. The second kappa shape index (κ2) is 8.70. The monoisotopic (exact) mass is 430 g/mol. The van der Waals surface area contributed by atoms with Crippen molar-refractivity contribution in [1.29, 1.82) is 0 Å². The van der Waals surface area contributed by atoms with Crippen molar-refractivity contribution < 1.29 is 9.47 Å². The van der Waals surface area contributed by atoms with E-state index in [-0.39, 0.29) is 6.04 Å². The molecule has 0 radical (unpaired) electrons. The molecule has 4 rings (SSSR count). The van der Waals surface area contributed by atoms with Crippen LogP contribution in [-0.4, -0.2) is 30.2 Å². The maximum atomic E-state index is 6.38. The molecule has 2 heterocycles. The summed E-state index contributed by atoms with van der Waals surface area (Å²) in [6.07, 6.45) is 3.21. The van der Waals surface area contributed by atoms with Gasteiger partial charge in [-0.1, -0.05) is 29.3 Å². The predicted molar refractivity (Wildman–Crippen MR) is 117 cm³/mol. The molecular formula is C23H24Cl2N2O2. The lowest BCUT2D eigenvalue weighted by molar-refractivity contribution is 0.217. The first-order chi connectivity index (χ1) is 14.1. The van der Waals surface area contributed by atoms with Crippen molar-refractivity contribution in [2.75, 3.05) is 20.8 Å². The highest BCUT2D eigenvalue weighted by Gasteiger charge is 2.28. The number of rotatable bonds is 5. The van der Waals surface area contributed by atoms with E-state index in [1.165, 1.54) is 5.69 Å². The molecule has 0 aliphatic carbocycles. The summed E-state index contributed by atoms with van der Waals surface area (Å²) in [6, 6.07) is 16.2. The van der Waals surface area contributed by atoms with Crippen molar-refractivity contribution in [2.45, 2.75) is 25.6 Å². The van der Waals surface area contributed by atoms with Gasteiger partial charge >= 0.3 is 0 Å². The lowest BCUT2D eigenvalue weighted by Gasteiger charge is -2.31. The zero-order valence-corrected chi connectivity index (χ0v) is 18.1. The van der Waals surface area contributed by atoms with Gasteiger partial charge in [-0.3, -0.25) is 4.90 Å². The first kappa shape index (κ1) is 20.1.